The third-order valence-corrected chi connectivity index (χ3v) is 5.19. The van der Waals surface area contributed by atoms with E-state index in [4.69, 9.17) is 27.9 Å². The first-order valence-electron chi connectivity index (χ1n) is 8.73. The molecule has 1 fully saturated rings. The van der Waals surface area contributed by atoms with Crippen molar-refractivity contribution in [1.29, 1.82) is 0 Å². The molecule has 146 valence electrons. The number of benzene rings is 2. The van der Waals surface area contributed by atoms with E-state index in [-0.39, 0.29) is 29.8 Å². The van der Waals surface area contributed by atoms with Gasteiger partial charge in [0.15, 0.2) is 0 Å². The zero-order valence-electron chi connectivity index (χ0n) is 15.1. The second-order valence-corrected chi connectivity index (χ2v) is 7.05. The third kappa shape index (κ3) is 4.29. The molecule has 6 nitrogen and oxygen atoms in total. The second-order valence-electron chi connectivity index (χ2n) is 6.27. The van der Waals surface area contributed by atoms with Gasteiger partial charge in [0.05, 0.1) is 33.8 Å². The summed E-state index contributed by atoms with van der Waals surface area (Å²) in [6, 6.07) is 11.4. The van der Waals surface area contributed by atoms with Gasteiger partial charge in [-0.2, -0.15) is 0 Å². The Morgan fingerprint density at radius 3 is 2.57 bits per heavy atom. The molecule has 1 atom stereocenters. The summed E-state index contributed by atoms with van der Waals surface area (Å²) in [5, 5.41) is 3.41. The van der Waals surface area contributed by atoms with Crippen LogP contribution in [0.15, 0.2) is 42.5 Å². The second kappa shape index (κ2) is 8.63. The van der Waals surface area contributed by atoms with Crippen molar-refractivity contribution in [2.75, 3.05) is 23.4 Å². The third-order valence-electron chi connectivity index (χ3n) is 4.38. The van der Waals surface area contributed by atoms with Gasteiger partial charge in [-0.1, -0.05) is 29.3 Å². The monoisotopic (exact) mass is 420 g/mol. The standard InChI is InChI=1S/C20H18Cl2N2O4/c1-2-28-20(27)12-6-8-14(9-7-12)23-19(26)13-10-17(25)24(11-13)16-5-3-4-15(21)18(16)22/h3-9,13H,2,10-11H2,1H3,(H,23,26)/t13-/m0/s1. The van der Waals surface area contributed by atoms with E-state index in [9.17, 15) is 14.4 Å². The summed E-state index contributed by atoms with van der Waals surface area (Å²) in [5.74, 6) is -1.41. The molecule has 0 radical (unpaired) electrons. The maximum Gasteiger partial charge on any atom is 0.338 e. The van der Waals surface area contributed by atoms with Gasteiger partial charge in [-0.05, 0) is 43.3 Å². The van der Waals surface area contributed by atoms with Crippen molar-refractivity contribution in [3.05, 3.63) is 58.1 Å². The van der Waals surface area contributed by atoms with E-state index >= 15 is 0 Å². The first-order chi connectivity index (χ1) is 13.4. The molecular formula is C20H18Cl2N2O4. The fraction of sp³-hybridized carbons (Fsp3) is 0.250. The molecule has 1 aliphatic rings. The molecule has 2 aromatic carbocycles. The summed E-state index contributed by atoms with van der Waals surface area (Å²) < 4.78 is 4.92. The van der Waals surface area contributed by atoms with Crippen LogP contribution in [0.5, 0.6) is 0 Å². The van der Waals surface area contributed by atoms with Crippen LogP contribution in [0.1, 0.15) is 23.7 Å². The highest BCUT2D eigenvalue weighted by Gasteiger charge is 2.36. The number of hydrogen-bond donors (Lipinski definition) is 1. The molecule has 0 unspecified atom stereocenters. The van der Waals surface area contributed by atoms with E-state index in [1.54, 1.807) is 49.4 Å². The lowest BCUT2D eigenvalue weighted by Gasteiger charge is -2.18. The minimum atomic E-state index is -0.521. The maximum atomic E-state index is 12.6. The van der Waals surface area contributed by atoms with E-state index in [0.29, 0.717) is 28.6 Å². The molecule has 0 spiro atoms. The van der Waals surface area contributed by atoms with Gasteiger partial charge in [0.25, 0.3) is 0 Å². The van der Waals surface area contributed by atoms with Crippen LogP contribution in [-0.4, -0.2) is 30.9 Å². The smallest absolute Gasteiger partial charge is 0.338 e. The molecule has 1 heterocycles. The van der Waals surface area contributed by atoms with Crippen LogP contribution in [0, 0.1) is 5.92 Å². The van der Waals surface area contributed by atoms with Crippen LogP contribution in [0.25, 0.3) is 0 Å². The van der Waals surface area contributed by atoms with Crippen molar-refractivity contribution in [2.24, 2.45) is 5.92 Å². The van der Waals surface area contributed by atoms with E-state index in [0.717, 1.165) is 0 Å². The number of anilines is 2. The summed E-state index contributed by atoms with van der Waals surface area (Å²) in [6.45, 7) is 2.24. The molecule has 1 aliphatic heterocycles. The number of esters is 1. The average Bonchev–Trinajstić information content (AvgIpc) is 3.06. The van der Waals surface area contributed by atoms with Gasteiger partial charge >= 0.3 is 5.97 Å². The number of ether oxygens (including phenoxy) is 1. The lowest BCUT2D eigenvalue weighted by molar-refractivity contribution is -0.122. The van der Waals surface area contributed by atoms with Gasteiger partial charge in [0.2, 0.25) is 11.8 Å². The number of nitrogens with zero attached hydrogens (tertiary/aromatic N) is 1. The Labute approximate surface area is 172 Å². The van der Waals surface area contributed by atoms with Crippen molar-refractivity contribution in [1.82, 2.24) is 0 Å². The van der Waals surface area contributed by atoms with Crippen LogP contribution in [0.3, 0.4) is 0 Å². The highest BCUT2D eigenvalue weighted by atomic mass is 35.5. The van der Waals surface area contributed by atoms with E-state index < -0.39 is 11.9 Å². The van der Waals surface area contributed by atoms with Crippen LogP contribution in [0.2, 0.25) is 10.0 Å². The summed E-state index contributed by atoms with van der Waals surface area (Å²) >= 11 is 12.2. The lowest BCUT2D eigenvalue weighted by Crippen LogP contribution is -2.28. The van der Waals surface area contributed by atoms with Crippen molar-refractivity contribution in [2.45, 2.75) is 13.3 Å². The molecule has 1 N–H and O–H groups in total. The minimum absolute atomic E-state index is 0.0790. The van der Waals surface area contributed by atoms with Crippen LogP contribution < -0.4 is 10.2 Å². The number of amides is 2. The van der Waals surface area contributed by atoms with Crippen LogP contribution >= 0.6 is 23.2 Å². The van der Waals surface area contributed by atoms with E-state index in [2.05, 4.69) is 5.32 Å². The van der Waals surface area contributed by atoms with Crippen molar-refractivity contribution in [3.8, 4) is 0 Å². The van der Waals surface area contributed by atoms with Gasteiger partial charge in [-0.3, -0.25) is 9.59 Å². The molecule has 28 heavy (non-hydrogen) atoms. The zero-order chi connectivity index (χ0) is 20.3. The molecule has 1 saturated heterocycles. The van der Waals surface area contributed by atoms with Gasteiger partial charge < -0.3 is 15.0 Å². The minimum Gasteiger partial charge on any atom is -0.462 e. The number of hydrogen-bond acceptors (Lipinski definition) is 4. The van der Waals surface area contributed by atoms with Gasteiger partial charge in [-0.25, -0.2) is 4.79 Å². The summed E-state index contributed by atoms with van der Waals surface area (Å²) in [6.07, 6.45) is 0.0790. The van der Waals surface area contributed by atoms with Crippen LogP contribution in [0.4, 0.5) is 11.4 Å². The molecule has 2 amide bonds. The molecule has 3 rings (SSSR count). The Balaban J connectivity index is 1.66. The molecular weight excluding hydrogens is 403 g/mol. The maximum absolute atomic E-state index is 12.6. The molecule has 0 saturated carbocycles. The van der Waals surface area contributed by atoms with Crippen molar-refractivity contribution < 1.29 is 19.1 Å². The number of carbonyl (C=O) groups excluding carboxylic acids is 3. The first-order valence-corrected chi connectivity index (χ1v) is 9.48. The average molecular weight is 421 g/mol. The van der Waals surface area contributed by atoms with Gasteiger partial charge in [-0.15, -0.1) is 0 Å². The fourth-order valence-corrected chi connectivity index (χ4v) is 3.36. The van der Waals surface area contributed by atoms with Crippen molar-refractivity contribution >= 4 is 52.4 Å². The summed E-state index contributed by atoms with van der Waals surface area (Å²) in [7, 11) is 0. The number of nitrogens with one attached hydrogen (secondary N) is 1. The number of halogens is 2. The molecule has 2 aromatic rings. The number of rotatable bonds is 5. The largest absolute Gasteiger partial charge is 0.462 e. The normalized spacial score (nSPS) is 16.2. The Bertz CT molecular complexity index is 915. The Hall–Kier alpha value is -2.57. The lowest BCUT2D eigenvalue weighted by atomic mass is 10.1. The molecule has 0 aliphatic carbocycles. The first kappa shape index (κ1) is 20.2. The SMILES string of the molecule is CCOC(=O)c1ccc(NC(=O)[C@H]2CC(=O)N(c3cccc(Cl)c3Cl)C2)cc1. The quantitative estimate of drug-likeness (QED) is 0.736. The fourth-order valence-electron chi connectivity index (χ4n) is 2.97. The highest BCUT2D eigenvalue weighted by molar-refractivity contribution is 6.44. The van der Waals surface area contributed by atoms with E-state index in [1.807, 2.05) is 0 Å². The van der Waals surface area contributed by atoms with Crippen LogP contribution in [-0.2, 0) is 14.3 Å². The molecule has 8 heteroatoms. The zero-order valence-corrected chi connectivity index (χ0v) is 16.6. The Morgan fingerprint density at radius 1 is 1.18 bits per heavy atom. The van der Waals surface area contributed by atoms with E-state index in [1.165, 1.54) is 4.90 Å². The predicted molar refractivity (Wildman–Crippen MR) is 108 cm³/mol. The highest BCUT2D eigenvalue weighted by Crippen LogP contribution is 2.35. The summed E-state index contributed by atoms with van der Waals surface area (Å²) in [5.41, 5.74) is 1.43. The van der Waals surface area contributed by atoms with Crippen molar-refractivity contribution in [3.63, 3.8) is 0 Å². The number of carbonyl (C=O) groups is 3. The molecule has 0 bridgehead atoms. The predicted octanol–water partition coefficient (Wildman–Crippen LogP) is 4.16. The Morgan fingerprint density at radius 2 is 1.89 bits per heavy atom. The van der Waals surface area contributed by atoms with Gasteiger partial charge in [0.1, 0.15) is 0 Å². The Kier molecular flexibility index (Phi) is 6.21. The van der Waals surface area contributed by atoms with Gasteiger partial charge in [0, 0.05) is 18.7 Å². The topological polar surface area (TPSA) is 75.7 Å². The summed E-state index contributed by atoms with van der Waals surface area (Å²) in [4.78, 5) is 38.1. The molecule has 0 aromatic heterocycles.